The number of halogens is 1. The zero-order chi connectivity index (χ0) is 7.84. The minimum atomic E-state index is 0.730. The minimum Gasteiger partial charge on any atom is -0.331 e. The summed E-state index contributed by atoms with van der Waals surface area (Å²) in [5, 5.41) is 0. The lowest BCUT2D eigenvalue weighted by molar-refractivity contribution is 0.308. The van der Waals surface area contributed by atoms with Crippen molar-refractivity contribution in [2.75, 3.05) is 0 Å². The molecule has 0 aromatic carbocycles. The van der Waals surface area contributed by atoms with Crippen molar-refractivity contribution in [1.29, 1.82) is 0 Å². The fraction of sp³-hybridized carbons (Fsp3) is 0.625. The molecule has 1 aromatic rings. The van der Waals surface area contributed by atoms with Crippen molar-refractivity contribution < 1.29 is 0 Å². The molecule has 0 unspecified atom stereocenters. The van der Waals surface area contributed by atoms with Gasteiger partial charge in [-0.15, -0.1) is 0 Å². The van der Waals surface area contributed by atoms with Crippen LogP contribution in [-0.2, 0) is 0 Å². The molecular weight excluding hydrogens is 204 g/mol. The first-order chi connectivity index (χ1) is 5.27. The van der Waals surface area contributed by atoms with Gasteiger partial charge in [-0.2, -0.15) is 0 Å². The van der Waals surface area contributed by atoms with E-state index in [-0.39, 0.29) is 0 Å². The minimum absolute atomic E-state index is 0.730. The Balaban J connectivity index is 2.28. The van der Waals surface area contributed by atoms with Crippen molar-refractivity contribution in [3.05, 3.63) is 16.6 Å². The molecule has 3 heteroatoms. The fourth-order valence-corrected chi connectivity index (χ4v) is 1.96. The van der Waals surface area contributed by atoms with Crippen LogP contribution in [0.1, 0.15) is 31.1 Å². The zero-order valence-corrected chi connectivity index (χ0v) is 8.13. The predicted octanol–water partition coefficient (Wildman–Crippen LogP) is 2.68. The summed E-state index contributed by atoms with van der Waals surface area (Å²) < 4.78 is 3.23. The van der Waals surface area contributed by atoms with E-state index in [2.05, 4.69) is 38.6 Å². The van der Waals surface area contributed by atoms with E-state index < -0.39 is 0 Å². The number of hydrogen-bond donors (Lipinski definition) is 0. The summed E-state index contributed by atoms with van der Waals surface area (Å²) in [7, 11) is 0. The monoisotopic (exact) mass is 214 g/mol. The van der Waals surface area contributed by atoms with Crippen LogP contribution in [0.3, 0.4) is 0 Å². The molecule has 0 atom stereocenters. The third-order valence-electron chi connectivity index (χ3n) is 2.36. The average molecular weight is 215 g/mol. The van der Waals surface area contributed by atoms with E-state index in [0.717, 1.165) is 16.5 Å². The summed E-state index contributed by atoms with van der Waals surface area (Å²) in [6, 6.07) is 0.730. The molecule has 0 aliphatic heterocycles. The molecule has 11 heavy (non-hydrogen) atoms. The number of nitrogens with zero attached hydrogens (tertiary/aromatic N) is 2. The van der Waals surface area contributed by atoms with Gasteiger partial charge < -0.3 is 4.57 Å². The highest BCUT2D eigenvalue weighted by atomic mass is 79.9. The van der Waals surface area contributed by atoms with Gasteiger partial charge in [-0.1, -0.05) is 0 Å². The molecular formula is C8H11BrN2. The molecule has 0 spiro atoms. The molecule has 1 saturated carbocycles. The maximum atomic E-state index is 4.29. The summed E-state index contributed by atoms with van der Waals surface area (Å²) >= 11 is 3.37. The molecule has 2 rings (SSSR count). The van der Waals surface area contributed by atoms with E-state index in [9.17, 15) is 0 Å². The number of hydrogen-bond acceptors (Lipinski definition) is 1. The Kier molecular flexibility index (Phi) is 1.75. The molecule has 0 N–H and O–H groups in total. The Labute approximate surface area is 74.8 Å². The molecule has 60 valence electrons. The van der Waals surface area contributed by atoms with Crippen molar-refractivity contribution in [1.82, 2.24) is 9.55 Å². The lowest BCUT2D eigenvalue weighted by Crippen LogP contribution is -2.17. The molecule has 1 aromatic heterocycles. The lowest BCUT2D eigenvalue weighted by Gasteiger charge is -2.27. The number of aryl methyl sites for hydroxylation is 1. The Morgan fingerprint density at radius 3 is 2.73 bits per heavy atom. The Morgan fingerprint density at radius 2 is 2.36 bits per heavy atom. The van der Waals surface area contributed by atoms with Crippen LogP contribution in [0.15, 0.2) is 10.8 Å². The standard InChI is InChI=1S/C8H11BrN2/c1-6-10-8(9)5-11(6)7-3-2-4-7/h5,7H,2-4H2,1H3. The fourth-order valence-electron chi connectivity index (χ4n) is 1.48. The molecule has 0 saturated heterocycles. The second kappa shape index (κ2) is 2.63. The van der Waals surface area contributed by atoms with Crippen molar-refractivity contribution in [3.63, 3.8) is 0 Å². The van der Waals surface area contributed by atoms with Crippen LogP contribution in [0, 0.1) is 6.92 Å². The van der Waals surface area contributed by atoms with Gasteiger partial charge in [0.1, 0.15) is 10.4 Å². The SMILES string of the molecule is Cc1nc(Br)cn1C1CCC1. The average Bonchev–Trinajstić information content (AvgIpc) is 2.07. The molecule has 0 bridgehead atoms. The second-order valence-electron chi connectivity index (χ2n) is 3.10. The first-order valence-corrected chi connectivity index (χ1v) is 4.77. The smallest absolute Gasteiger partial charge is 0.124 e. The van der Waals surface area contributed by atoms with E-state index in [1.165, 1.54) is 19.3 Å². The van der Waals surface area contributed by atoms with Gasteiger partial charge in [0.2, 0.25) is 0 Å². The summed E-state index contributed by atoms with van der Waals surface area (Å²) in [5.74, 6) is 1.13. The van der Waals surface area contributed by atoms with E-state index in [1.54, 1.807) is 0 Å². The Hall–Kier alpha value is -0.310. The summed E-state index contributed by atoms with van der Waals surface area (Å²) in [4.78, 5) is 4.29. The lowest BCUT2D eigenvalue weighted by atomic mass is 9.93. The number of aromatic nitrogens is 2. The van der Waals surface area contributed by atoms with E-state index >= 15 is 0 Å². The Bertz CT molecular complexity index is 263. The van der Waals surface area contributed by atoms with Gasteiger partial charge >= 0.3 is 0 Å². The molecule has 0 amide bonds. The van der Waals surface area contributed by atoms with Crippen LogP contribution < -0.4 is 0 Å². The van der Waals surface area contributed by atoms with Crippen molar-refractivity contribution in [3.8, 4) is 0 Å². The van der Waals surface area contributed by atoms with Crippen LogP contribution in [-0.4, -0.2) is 9.55 Å². The first kappa shape index (κ1) is 7.35. The number of imidazole rings is 1. The molecule has 1 aliphatic carbocycles. The maximum Gasteiger partial charge on any atom is 0.124 e. The van der Waals surface area contributed by atoms with Crippen molar-refractivity contribution in [2.24, 2.45) is 0 Å². The van der Waals surface area contributed by atoms with E-state index in [4.69, 9.17) is 0 Å². The molecule has 1 fully saturated rings. The normalized spacial score (nSPS) is 18.4. The van der Waals surface area contributed by atoms with Gasteiger partial charge in [0, 0.05) is 12.2 Å². The van der Waals surface area contributed by atoms with Crippen LogP contribution in [0.25, 0.3) is 0 Å². The highest BCUT2D eigenvalue weighted by Crippen LogP contribution is 2.32. The van der Waals surface area contributed by atoms with Crippen molar-refractivity contribution in [2.45, 2.75) is 32.2 Å². The van der Waals surface area contributed by atoms with Gasteiger partial charge in [-0.3, -0.25) is 0 Å². The highest BCUT2D eigenvalue weighted by molar-refractivity contribution is 9.10. The summed E-state index contributed by atoms with van der Waals surface area (Å²) in [6.45, 7) is 2.06. The largest absolute Gasteiger partial charge is 0.331 e. The molecule has 1 heterocycles. The third kappa shape index (κ3) is 1.22. The maximum absolute atomic E-state index is 4.29. The van der Waals surface area contributed by atoms with Gasteiger partial charge in [-0.05, 0) is 42.1 Å². The molecule has 2 nitrogen and oxygen atoms in total. The van der Waals surface area contributed by atoms with Gasteiger partial charge in [0.25, 0.3) is 0 Å². The predicted molar refractivity (Wildman–Crippen MR) is 47.6 cm³/mol. The number of rotatable bonds is 1. The third-order valence-corrected chi connectivity index (χ3v) is 2.74. The second-order valence-corrected chi connectivity index (χ2v) is 3.92. The highest BCUT2D eigenvalue weighted by Gasteiger charge is 2.20. The van der Waals surface area contributed by atoms with E-state index in [1.807, 2.05) is 0 Å². The molecule has 0 radical (unpaired) electrons. The first-order valence-electron chi connectivity index (χ1n) is 3.98. The summed E-state index contributed by atoms with van der Waals surface area (Å²) in [6.07, 6.45) is 6.10. The van der Waals surface area contributed by atoms with Crippen LogP contribution >= 0.6 is 15.9 Å². The summed E-state index contributed by atoms with van der Waals surface area (Å²) in [5.41, 5.74) is 0. The topological polar surface area (TPSA) is 17.8 Å². The van der Waals surface area contributed by atoms with Crippen LogP contribution in [0.2, 0.25) is 0 Å². The zero-order valence-electron chi connectivity index (χ0n) is 6.55. The van der Waals surface area contributed by atoms with E-state index in [0.29, 0.717) is 0 Å². The van der Waals surface area contributed by atoms with Crippen molar-refractivity contribution >= 4 is 15.9 Å². The van der Waals surface area contributed by atoms with Crippen LogP contribution in [0.4, 0.5) is 0 Å². The van der Waals surface area contributed by atoms with Gasteiger partial charge in [0.05, 0.1) is 0 Å². The van der Waals surface area contributed by atoms with Crippen LogP contribution in [0.5, 0.6) is 0 Å². The quantitative estimate of drug-likeness (QED) is 0.704. The Morgan fingerprint density at radius 1 is 1.64 bits per heavy atom. The molecule has 1 aliphatic rings. The van der Waals surface area contributed by atoms with Gasteiger partial charge in [0.15, 0.2) is 0 Å². The van der Waals surface area contributed by atoms with Gasteiger partial charge in [-0.25, -0.2) is 4.98 Å².